The molecule has 3 heterocycles. The van der Waals surface area contributed by atoms with Gasteiger partial charge in [0.1, 0.15) is 17.8 Å². The quantitative estimate of drug-likeness (QED) is 0.832. The zero-order chi connectivity index (χ0) is 18.4. The topological polar surface area (TPSA) is 68.8 Å². The fourth-order valence-electron chi connectivity index (χ4n) is 5.19. The van der Waals surface area contributed by atoms with Gasteiger partial charge in [0.05, 0.1) is 0 Å². The van der Waals surface area contributed by atoms with Crippen molar-refractivity contribution in [3.05, 3.63) is 30.1 Å². The molecule has 2 aromatic rings. The summed E-state index contributed by atoms with van der Waals surface area (Å²) in [5.74, 6) is 2.22. The minimum atomic E-state index is 0.0521. The van der Waals surface area contributed by atoms with E-state index in [0.717, 1.165) is 31.4 Å². The monoisotopic (exact) mass is 368 g/mol. The lowest BCUT2D eigenvalue weighted by atomic mass is 9.67. The third kappa shape index (κ3) is 3.07. The van der Waals surface area contributed by atoms with Gasteiger partial charge in [-0.1, -0.05) is 19.3 Å². The molecule has 1 saturated heterocycles. The standard InChI is InChI=1S/C20H28N6O/c1-24-10-7-17(23-24)19(27)25-12-16(20(13-25)8-3-2-4-9-20)18-22-21-14-26(18)11-15-5-6-15/h7,10,14-16H,2-6,8-9,11-13H2,1H3. The van der Waals surface area contributed by atoms with Gasteiger partial charge in [0, 0.05) is 38.8 Å². The summed E-state index contributed by atoms with van der Waals surface area (Å²) in [5, 5.41) is 13.1. The molecule has 5 rings (SSSR count). The SMILES string of the molecule is Cn1ccc(C(=O)N2CC(c3nncn3CC3CC3)C3(CCCCC3)C2)n1. The molecular formula is C20H28N6O. The summed E-state index contributed by atoms with van der Waals surface area (Å²) in [6, 6.07) is 1.82. The Balaban J connectivity index is 1.45. The van der Waals surface area contributed by atoms with Crippen LogP contribution in [-0.4, -0.2) is 48.4 Å². The number of carbonyl (C=O) groups is 1. The van der Waals surface area contributed by atoms with Gasteiger partial charge in [-0.3, -0.25) is 9.48 Å². The average Bonchev–Trinajstić information content (AvgIpc) is 3.03. The van der Waals surface area contributed by atoms with Crippen LogP contribution in [0.4, 0.5) is 0 Å². The Morgan fingerprint density at radius 1 is 1.26 bits per heavy atom. The lowest BCUT2D eigenvalue weighted by Gasteiger charge is -2.37. The number of rotatable bonds is 4. The van der Waals surface area contributed by atoms with Crippen molar-refractivity contribution in [3.8, 4) is 0 Å². The van der Waals surface area contributed by atoms with E-state index in [2.05, 4.69) is 19.9 Å². The zero-order valence-electron chi connectivity index (χ0n) is 16.0. The molecule has 2 aromatic heterocycles. The molecule has 3 fully saturated rings. The summed E-state index contributed by atoms with van der Waals surface area (Å²) in [7, 11) is 1.85. The van der Waals surface area contributed by atoms with Crippen LogP contribution in [-0.2, 0) is 13.6 Å². The third-order valence-electron chi connectivity index (χ3n) is 6.83. The molecule has 0 aromatic carbocycles. The van der Waals surface area contributed by atoms with Crippen molar-refractivity contribution in [2.45, 2.75) is 57.4 Å². The van der Waals surface area contributed by atoms with Crippen molar-refractivity contribution < 1.29 is 4.79 Å². The van der Waals surface area contributed by atoms with E-state index in [4.69, 9.17) is 0 Å². The summed E-state index contributed by atoms with van der Waals surface area (Å²) < 4.78 is 3.97. The Labute approximate surface area is 159 Å². The van der Waals surface area contributed by atoms with Crippen LogP contribution in [0.1, 0.15) is 67.2 Å². The third-order valence-corrected chi connectivity index (χ3v) is 6.83. The molecule has 2 saturated carbocycles. The van der Waals surface area contributed by atoms with Gasteiger partial charge in [-0.05, 0) is 43.1 Å². The van der Waals surface area contributed by atoms with Gasteiger partial charge >= 0.3 is 0 Å². The van der Waals surface area contributed by atoms with Crippen LogP contribution in [0.3, 0.4) is 0 Å². The number of amides is 1. The van der Waals surface area contributed by atoms with Gasteiger partial charge < -0.3 is 9.47 Å². The maximum absolute atomic E-state index is 13.1. The second-order valence-electron chi connectivity index (χ2n) is 8.82. The van der Waals surface area contributed by atoms with Crippen molar-refractivity contribution in [1.82, 2.24) is 29.4 Å². The van der Waals surface area contributed by atoms with E-state index in [0.29, 0.717) is 5.69 Å². The highest BCUT2D eigenvalue weighted by Gasteiger charge is 2.51. The van der Waals surface area contributed by atoms with Gasteiger partial charge in [-0.15, -0.1) is 10.2 Å². The first-order valence-electron chi connectivity index (χ1n) is 10.3. The van der Waals surface area contributed by atoms with Crippen LogP contribution in [0.15, 0.2) is 18.6 Å². The smallest absolute Gasteiger partial charge is 0.274 e. The number of hydrogen-bond donors (Lipinski definition) is 0. The average molecular weight is 368 g/mol. The van der Waals surface area contributed by atoms with Crippen LogP contribution in [0, 0.1) is 11.3 Å². The molecule has 1 spiro atoms. The lowest BCUT2D eigenvalue weighted by Crippen LogP contribution is -2.34. The molecular weight excluding hydrogens is 340 g/mol. The van der Waals surface area contributed by atoms with Gasteiger partial charge in [0.25, 0.3) is 5.91 Å². The van der Waals surface area contributed by atoms with Crippen LogP contribution in [0.5, 0.6) is 0 Å². The molecule has 27 heavy (non-hydrogen) atoms. The molecule has 1 atom stereocenters. The molecule has 1 amide bonds. The van der Waals surface area contributed by atoms with E-state index in [1.807, 2.05) is 30.5 Å². The minimum absolute atomic E-state index is 0.0521. The number of likely N-dealkylation sites (tertiary alicyclic amines) is 1. The largest absolute Gasteiger partial charge is 0.336 e. The highest BCUT2D eigenvalue weighted by Crippen LogP contribution is 2.52. The number of nitrogens with zero attached hydrogens (tertiary/aromatic N) is 6. The molecule has 1 unspecified atom stereocenters. The molecule has 0 N–H and O–H groups in total. The molecule has 144 valence electrons. The fourth-order valence-corrected chi connectivity index (χ4v) is 5.19. The van der Waals surface area contributed by atoms with Crippen molar-refractivity contribution in [2.75, 3.05) is 13.1 Å². The van der Waals surface area contributed by atoms with Crippen LogP contribution < -0.4 is 0 Å². The predicted octanol–water partition coefficient (Wildman–Crippen LogP) is 2.61. The van der Waals surface area contributed by atoms with E-state index < -0.39 is 0 Å². The van der Waals surface area contributed by atoms with E-state index in [9.17, 15) is 4.79 Å². The molecule has 2 aliphatic carbocycles. The second kappa shape index (κ2) is 6.46. The Bertz CT molecular complexity index is 829. The Kier molecular flexibility index (Phi) is 4.06. The van der Waals surface area contributed by atoms with Crippen LogP contribution in [0.2, 0.25) is 0 Å². The summed E-state index contributed by atoms with van der Waals surface area (Å²) in [5.41, 5.74) is 0.695. The van der Waals surface area contributed by atoms with Crippen molar-refractivity contribution in [3.63, 3.8) is 0 Å². The highest BCUT2D eigenvalue weighted by atomic mass is 16.2. The summed E-state index contributed by atoms with van der Waals surface area (Å²) in [6.45, 7) is 2.59. The molecule has 0 bridgehead atoms. The predicted molar refractivity (Wildman–Crippen MR) is 100 cm³/mol. The number of carbonyl (C=O) groups excluding carboxylic acids is 1. The van der Waals surface area contributed by atoms with E-state index in [1.54, 1.807) is 4.68 Å². The summed E-state index contributed by atoms with van der Waals surface area (Å²) in [4.78, 5) is 15.1. The minimum Gasteiger partial charge on any atom is -0.336 e. The van der Waals surface area contributed by atoms with Crippen molar-refractivity contribution in [2.24, 2.45) is 18.4 Å². The molecule has 1 aliphatic heterocycles. The fraction of sp³-hybridized carbons (Fsp3) is 0.700. The maximum Gasteiger partial charge on any atom is 0.274 e. The summed E-state index contributed by atoms with van der Waals surface area (Å²) in [6.07, 6.45) is 12.5. The van der Waals surface area contributed by atoms with Gasteiger partial charge in [-0.2, -0.15) is 5.10 Å². The van der Waals surface area contributed by atoms with Gasteiger partial charge in [0.15, 0.2) is 0 Å². The highest BCUT2D eigenvalue weighted by molar-refractivity contribution is 5.92. The Morgan fingerprint density at radius 3 is 2.78 bits per heavy atom. The normalized spacial score (nSPS) is 24.6. The zero-order valence-corrected chi connectivity index (χ0v) is 16.0. The maximum atomic E-state index is 13.1. The van der Waals surface area contributed by atoms with Crippen LogP contribution in [0.25, 0.3) is 0 Å². The van der Waals surface area contributed by atoms with E-state index in [1.165, 1.54) is 44.9 Å². The number of aromatic nitrogens is 5. The second-order valence-corrected chi connectivity index (χ2v) is 8.82. The van der Waals surface area contributed by atoms with Crippen molar-refractivity contribution >= 4 is 5.91 Å². The van der Waals surface area contributed by atoms with Crippen LogP contribution >= 0.6 is 0 Å². The van der Waals surface area contributed by atoms with E-state index >= 15 is 0 Å². The first kappa shape index (κ1) is 17.0. The first-order valence-corrected chi connectivity index (χ1v) is 10.3. The Hall–Kier alpha value is -2.18. The molecule has 7 nitrogen and oxygen atoms in total. The Morgan fingerprint density at radius 2 is 2.07 bits per heavy atom. The number of hydrogen-bond acceptors (Lipinski definition) is 4. The van der Waals surface area contributed by atoms with Gasteiger partial charge in [-0.25, -0.2) is 0 Å². The van der Waals surface area contributed by atoms with E-state index in [-0.39, 0.29) is 17.2 Å². The lowest BCUT2D eigenvalue weighted by molar-refractivity contribution is 0.0751. The van der Waals surface area contributed by atoms with Gasteiger partial charge in [0.2, 0.25) is 0 Å². The molecule has 3 aliphatic rings. The molecule has 7 heteroatoms. The first-order chi connectivity index (χ1) is 13.1. The number of aryl methyl sites for hydroxylation is 1. The molecule has 0 radical (unpaired) electrons. The van der Waals surface area contributed by atoms with Crippen molar-refractivity contribution in [1.29, 1.82) is 0 Å². The summed E-state index contributed by atoms with van der Waals surface area (Å²) >= 11 is 0.